The number of pyridine rings is 1. The van der Waals surface area contributed by atoms with Gasteiger partial charge >= 0.3 is 0 Å². The van der Waals surface area contributed by atoms with E-state index in [1.807, 2.05) is 13.0 Å². The quantitative estimate of drug-likeness (QED) is 0.801. The van der Waals surface area contributed by atoms with E-state index in [0.717, 1.165) is 5.69 Å². The highest BCUT2D eigenvalue weighted by Crippen LogP contribution is 2.08. The molecule has 0 fully saturated rings. The number of carbonyl (C=O) groups excluding carboxylic acids is 1. The fraction of sp³-hybridized carbons (Fsp3) is 0.0909. The van der Waals surface area contributed by atoms with Crippen LogP contribution in [-0.4, -0.2) is 20.9 Å². The molecule has 0 spiro atoms. The van der Waals surface area contributed by atoms with Crippen molar-refractivity contribution in [1.29, 1.82) is 0 Å². The molecule has 0 aliphatic carbocycles. The van der Waals surface area contributed by atoms with Gasteiger partial charge in [-0.15, -0.1) is 0 Å². The lowest BCUT2D eigenvalue weighted by molar-refractivity contribution is 0.102. The minimum absolute atomic E-state index is 0.0933. The number of aryl methyl sites for hydroxylation is 1. The zero-order valence-corrected chi connectivity index (χ0v) is 9.21. The summed E-state index contributed by atoms with van der Waals surface area (Å²) < 4.78 is 0. The summed E-state index contributed by atoms with van der Waals surface area (Å²) in [5, 5.41) is 2.61. The maximum Gasteiger partial charge on any atom is 0.279 e. The number of nitrogens with zero attached hydrogens (tertiary/aromatic N) is 3. The molecule has 0 aliphatic rings. The third kappa shape index (κ3) is 2.54. The van der Waals surface area contributed by atoms with Crippen molar-refractivity contribution < 1.29 is 4.79 Å². The van der Waals surface area contributed by atoms with Crippen LogP contribution in [0.15, 0.2) is 30.6 Å². The normalized spacial score (nSPS) is 9.94. The molecule has 0 radical (unpaired) electrons. The first-order chi connectivity index (χ1) is 8.16. The van der Waals surface area contributed by atoms with Crippen LogP contribution in [0.4, 0.5) is 11.6 Å². The number of aromatic nitrogens is 3. The van der Waals surface area contributed by atoms with Gasteiger partial charge < -0.3 is 11.1 Å². The van der Waals surface area contributed by atoms with Gasteiger partial charge in [0.15, 0.2) is 11.5 Å². The van der Waals surface area contributed by atoms with Gasteiger partial charge in [-0.1, -0.05) is 6.07 Å². The van der Waals surface area contributed by atoms with E-state index in [0.29, 0.717) is 5.82 Å². The molecule has 2 rings (SSSR count). The Morgan fingerprint density at radius 1 is 1.29 bits per heavy atom. The maximum absolute atomic E-state index is 11.8. The lowest BCUT2D eigenvalue weighted by Gasteiger charge is -2.05. The van der Waals surface area contributed by atoms with Crippen LogP contribution in [-0.2, 0) is 0 Å². The van der Waals surface area contributed by atoms with Gasteiger partial charge in [-0.25, -0.2) is 15.0 Å². The van der Waals surface area contributed by atoms with Gasteiger partial charge in [0.25, 0.3) is 5.91 Å². The van der Waals surface area contributed by atoms with E-state index in [-0.39, 0.29) is 11.5 Å². The molecule has 2 aromatic heterocycles. The third-order valence-corrected chi connectivity index (χ3v) is 2.07. The number of hydrogen-bond acceptors (Lipinski definition) is 5. The zero-order chi connectivity index (χ0) is 12.3. The fourth-order valence-electron chi connectivity index (χ4n) is 1.31. The standard InChI is InChI=1S/C11H11N5O/c1-7-3-2-4-8(15-7)16-11(17)9-10(12)14-6-5-13-9/h2-6H,1H3,(H2,12,14)(H,15,16,17). The average Bonchev–Trinajstić information content (AvgIpc) is 2.29. The van der Waals surface area contributed by atoms with Crippen molar-refractivity contribution in [2.75, 3.05) is 11.1 Å². The van der Waals surface area contributed by atoms with Gasteiger partial charge in [0, 0.05) is 18.1 Å². The number of carbonyl (C=O) groups is 1. The number of rotatable bonds is 2. The minimum Gasteiger partial charge on any atom is -0.382 e. The maximum atomic E-state index is 11.8. The highest BCUT2D eigenvalue weighted by Gasteiger charge is 2.12. The van der Waals surface area contributed by atoms with E-state index in [4.69, 9.17) is 5.73 Å². The van der Waals surface area contributed by atoms with E-state index >= 15 is 0 Å². The lowest BCUT2D eigenvalue weighted by Crippen LogP contribution is -2.17. The van der Waals surface area contributed by atoms with Crippen LogP contribution in [0.25, 0.3) is 0 Å². The van der Waals surface area contributed by atoms with Gasteiger partial charge in [0.2, 0.25) is 0 Å². The molecule has 0 saturated carbocycles. The molecular weight excluding hydrogens is 218 g/mol. The summed E-state index contributed by atoms with van der Waals surface area (Å²) in [4.78, 5) is 23.6. The first-order valence-electron chi connectivity index (χ1n) is 4.98. The molecular formula is C11H11N5O. The van der Waals surface area contributed by atoms with Crippen molar-refractivity contribution in [2.45, 2.75) is 6.92 Å². The van der Waals surface area contributed by atoms with Crippen molar-refractivity contribution >= 4 is 17.5 Å². The molecule has 0 atom stereocenters. The summed E-state index contributed by atoms with van der Waals surface area (Å²) in [6.45, 7) is 1.84. The van der Waals surface area contributed by atoms with E-state index in [1.165, 1.54) is 12.4 Å². The molecule has 6 nitrogen and oxygen atoms in total. The van der Waals surface area contributed by atoms with E-state index in [2.05, 4.69) is 20.3 Å². The van der Waals surface area contributed by atoms with Crippen LogP contribution in [0.1, 0.15) is 16.2 Å². The van der Waals surface area contributed by atoms with Gasteiger partial charge in [-0.2, -0.15) is 0 Å². The molecule has 17 heavy (non-hydrogen) atoms. The number of nitrogens with one attached hydrogen (secondary N) is 1. The van der Waals surface area contributed by atoms with Crippen LogP contribution in [0.5, 0.6) is 0 Å². The van der Waals surface area contributed by atoms with Crippen LogP contribution >= 0.6 is 0 Å². The van der Waals surface area contributed by atoms with Gasteiger partial charge in [-0.05, 0) is 19.1 Å². The fourth-order valence-corrected chi connectivity index (χ4v) is 1.31. The largest absolute Gasteiger partial charge is 0.382 e. The summed E-state index contributed by atoms with van der Waals surface area (Å²) in [5.74, 6) is 0.131. The topological polar surface area (TPSA) is 93.8 Å². The second-order valence-corrected chi connectivity index (χ2v) is 3.41. The van der Waals surface area contributed by atoms with E-state index < -0.39 is 5.91 Å². The van der Waals surface area contributed by atoms with Crippen LogP contribution < -0.4 is 11.1 Å². The first kappa shape index (κ1) is 11.0. The molecule has 6 heteroatoms. The third-order valence-electron chi connectivity index (χ3n) is 2.07. The number of anilines is 2. The molecule has 2 heterocycles. The average molecular weight is 229 g/mol. The van der Waals surface area contributed by atoms with Crippen LogP contribution in [0.2, 0.25) is 0 Å². The highest BCUT2D eigenvalue weighted by atomic mass is 16.2. The highest BCUT2D eigenvalue weighted by molar-refractivity contribution is 6.05. The monoisotopic (exact) mass is 229 g/mol. The number of amides is 1. The molecule has 86 valence electrons. The summed E-state index contributed by atoms with van der Waals surface area (Å²) >= 11 is 0. The van der Waals surface area contributed by atoms with E-state index in [1.54, 1.807) is 12.1 Å². The SMILES string of the molecule is Cc1cccc(NC(=O)c2nccnc2N)n1. The predicted octanol–water partition coefficient (Wildman–Crippen LogP) is 1.01. The molecule has 0 saturated heterocycles. The van der Waals surface area contributed by atoms with Gasteiger partial charge in [0.05, 0.1) is 0 Å². The van der Waals surface area contributed by atoms with Crippen molar-refractivity contribution in [3.8, 4) is 0 Å². The Morgan fingerprint density at radius 2 is 2.06 bits per heavy atom. The Kier molecular flexibility index (Phi) is 2.95. The molecule has 0 unspecified atom stereocenters. The summed E-state index contributed by atoms with van der Waals surface area (Å²) in [6.07, 6.45) is 2.84. The van der Waals surface area contributed by atoms with Crippen LogP contribution in [0, 0.1) is 6.92 Å². The first-order valence-corrected chi connectivity index (χ1v) is 4.98. The van der Waals surface area contributed by atoms with Crippen molar-refractivity contribution in [3.05, 3.63) is 42.0 Å². The van der Waals surface area contributed by atoms with E-state index in [9.17, 15) is 4.79 Å². The van der Waals surface area contributed by atoms with Gasteiger partial charge in [-0.3, -0.25) is 4.79 Å². The summed E-state index contributed by atoms with van der Waals surface area (Å²) in [7, 11) is 0. The number of hydrogen-bond donors (Lipinski definition) is 2. The Hall–Kier alpha value is -2.50. The second kappa shape index (κ2) is 4.56. The Morgan fingerprint density at radius 3 is 2.76 bits per heavy atom. The zero-order valence-electron chi connectivity index (χ0n) is 9.21. The molecule has 0 aliphatic heterocycles. The lowest BCUT2D eigenvalue weighted by atomic mass is 10.3. The van der Waals surface area contributed by atoms with Crippen LogP contribution in [0.3, 0.4) is 0 Å². The summed E-state index contributed by atoms with van der Waals surface area (Å²) in [5.41, 5.74) is 6.46. The Labute approximate surface area is 97.9 Å². The second-order valence-electron chi connectivity index (χ2n) is 3.41. The molecule has 1 amide bonds. The number of nitrogens with two attached hydrogens (primary N) is 1. The molecule has 0 aromatic carbocycles. The van der Waals surface area contributed by atoms with Gasteiger partial charge in [0.1, 0.15) is 5.82 Å². The Bertz CT molecular complexity index is 555. The van der Waals surface area contributed by atoms with Crippen molar-refractivity contribution in [2.24, 2.45) is 0 Å². The molecule has 2 aromatic rings. The smallest absolute Gasteiger partial charge is 0.279 e. The number of nitrogen functional groups attached to an aromatic ring is 1. The van der Waals surface area contributed by atoms with Crippen molar-refractivity contribution in [1.82, 2.24) is 15.0 Å². The predicted molar refractivity (Wildman–Crippen MR) is 63.4 cm³/mol. The minimum atomic E-state index is -0.423. The summed E-state index contributed by atoms with van der Waals surface area (Å²) in [6, 6.07) is 5.34. The molecule has 0 bridgehead atoms. The van der Waals surface area contributed by atoms with Crippen molar-refractivity contribution in [3.63, 3.8) is 0 Å². The Balaban J connectivity index is 2.20. The molecule has 3 N–H and O–H groups in total.